The van der Waals surface area contributed by atoms with Gasteiger partial charge in [0.1, 0.15) is 11.5 Å². The number of methoxy groups -OCH3 is 2. The standard InChI is InChI=1S/C14H23NO3/c1-10(2)18-9-13(15-3)12-7-6-11(16-4)8-14(12)17-5/h6-8,10,13,15H,9H2,1-5H3. The average Bonchev–Trinajstić information content (AvgIpc) is 2.39. The molecule has 0 amide bonds. The first-order valence-corrected chi connectivity index (χ1v) is 6.13. The highest BCUT2D eigenvalue weighted by Crippen LogP contribution is 2.29. The molecule has 0 bridgehead atoms. The van der Waals surface area contributed by atoms with Gasteiger partial charge in [0, 0.05) is 11.6 Å². The van der Waals surface area contributed by atoms with Crippen LogP contribution in [-0.2, 0) is 4.74 Å². The first-order chi connectivity index (χ1) is 8.62. The summed E-state index contributed by atoms with van der Waals surface area (Å²) in [6, 6.07) is 5.92. The summed E-state index contributed by atoms with van der Waals surface area (Å²) in [4.78, 5) is 0. The maximum atomic E-state index is 5.66. The first kappa shape index (κ1) is 14.8. The third kappa shape index (κ3) is 3.89. The van der Waals surface area contributed by atoms with Gasteiger partial charge in [-0.05, 0) is 33.0 Å². The van der Waals surface area contributed by atoms with E-state index in [1.807, 2.05) is 39.1 Å². The maximum absolute atomic E-state index is 5.66. The summed E-state index contributed by atoms with van der Waals surface area (Å²) in [5, 5.41) is 3.24. The molecule has 1 unspecified atom stereocenters. The molecule has 1 aromatic carbocycles. The van der Waals surface area contributed by atoms with Gasteiger partial charge in [0.15, 0.2) is 0 Å². The fourth-order valence-corrected chi connectivity index (χ4v) is 1.72. The van der Waals surface area contributed by atoms with Gasteiger partial charge in [0.05, 0.1) is 33.0 Å². The molecule has 4 heteroatoms. The molecule has 0 aromatic heterocycles. The van der Waals surface area contributed by atoms with Crippen LogP contribution in [0.3, 0.4) is 0 Å². The minimum Gasteiger partial charge on any atom is -0.497 e. The Bertz CT molecular complexity index is 366. The van der Waals surface area contributed by atoms with Gasteiger partial charge in [-0.15, -0.1) is 0 Å². The van der Waals surface area contributed by atoms with E-state index in [1.165, 1.54) is 0 Å². The zero-order valence-electron chi connectivity index (χ0n) is 11.8. The second-order valence-corrected chi connectivity index (χ2v) is 4.33. The van der Waals surface area contributed by atoms with E-state index in [4.69, 9.17) is 14.2 Å². The van der Waals surface area contributed by atoms with Gasteiger partial charge in [-0.2, -0.15) is 0 Å². The Kier molecular flexibility index (Phi) is 5.95. The Morgan fingerprint density at radius 2 is 1.89 bits per heavy atom. The number of hydrogen-bond acceptors (Lipinski definition) is 4. The number of ether oxygens (including phenoxy) is 3. The molecule has 1 aromatic rings. The predicted octanol–water partition coefficient (Wildman–Crippen LogP) is 2.39. The van der Waals surface area contributed by atoms with E-state index in [9.17, 15) is 0 Å². The van der Waals surface area contributed by atoms with Crippen molar-refractivity contribution in [1.82, 2.24) is 5.32 Å². The monoisotopic (exact) mass is 253 g/mol. The van der Waals surface area contributed by atoms with Crippen molar-refractivity contribution in [2.24, 2.45) is 0 Å². The fraction of sp³-hybridized carbons (Fsp3) is 0.571. The van der Waals surface area contributed by atoms with Gasteiger partial charge in [-0.1, -0.05) is 0 Å². The quantitative estimate of drug-likeness (QED) is 0.810. The van der Waals surface area contributed by atoms with Crippen molar-refractivity contribution in [1.29, 1.82) is 0 Å². The lowest BCUT2D eigenvalue weighted by molar-refractivity contribution is 0.0621. The van der Waals surface area contributed by atoms with Crippen LogP contribution in [0.25, 0.3) is 0 Å². The second-order valence-electron chi connectivity index (χ2n) is 4.33. The molecule has 1 rings (SSSR count). The zero-order valence-corrected chi connectivity index (χ0v) is 11.8. The molecule has 0 aliphatic carbocycles. The Hall–Kier alpha value is -1.26. The van der Waals surface area contributed by atoms with Gasteiger partial charge in [0.2, 0.25) is 0 Å². The molecule has 0 saturated carbocycles. The van der Waals surface area contributed by atoms with E-state index in [2.05, 4.69) is 5.32 Å². The molecule has 1 atom stereocenters. The maximum Gasteiger partial charge on any atom is 0.127 e. The zero-order chi connectivity index (χ0) is 13.5. The lowest BCUT2D eigenvalue weighted by atomic mass is 10.1. The van der Waals surface area contributed by atoms with Crippen LogP contribution in [0, 0.1) is 0 Å². The lowest BCUT2D eigenvalue weighted by Crippen LogP contribution is -2.24. The molecule has 0 saturated heterocycles. The van der Waals surface area contributed by atoms with Crippen LogP contribution in [0.4, 0.5) is 0 Å². The second kappa shape index (κ2) is 7.24. The number of nitrogens with one attached hydrogen (secondary N) is 1. The number of rotatable bonds is 7. The highest BCUT2D eigenvalue weighted by Gasteiger charge is 2.16. The van der Waals surface area contributed by atoms with Crippen molar-refractivity contribution < 1.29 is 14.2 Å². The van der Waals surface area contributed by atoms with Crippen molar-refractivity contribution in [3.63, 3.8) is 0 Å². The number of benzene rings is 1. The van der Waals surface area contributed by atoms with Crippen molar-refractivity contribution in [2.45, 2.75) is 26.0 Å². The fourth-order valence-electron chi connectivity index (χ4n) is 1.72. The lowest BCUT2D eigenvalue weighted by Gasteiger charge is -2.21. The highest BCUT2D eigenvalue weighted by atomic mass is 16.5. The molecule has 1 N–H and O–H groups in total. The van der Waals surface area contributed by atoms with Crippen LogP contribution in [0.15, 0.2) is 18.2 Å². The Morgan fingerprint density at radius 1 is 1.17 bits per heavy atom. The van der Waals surface area contributed by atoms with Crippen LogP contribution in [0.2, 0.25) is 0 Å². The van der Waals surface area contributed by atoms with Crippen LogP contribution < -0.4 is 14.8 Å². The molecule has 0 aliphatic heterocycles. The molecule has 4 nitrogen and oxygen atoms in total. The van der Waals surface area contributed by atoms with E-state index >= 15 is 0 Å². The number of hydrogen-bond donors (Lipinski definition) is 1. The van der Waals surface area contributed by atoms with Gasteiger partial charge < -0.3 is 19.5 Å². The van der Waals surface area contributed by atoms with E-state index in [0.29, 0.717) is 6.61 Å². The molecule has 18 heavy (non-hydrogen) atoms. The molecule has 0 heterocycles. The Morgan fingerprint density at radius 3 is 2.39 bits per heavy atom. The molecule has 0 spiro atoms. The van der Waals surface area contributed by atoms with Gasteiger partial charge in [-0.3, -0.25) is 0 Å². The SMILES string of the molecule is CNC(COC(C)C)c1ccc(OC)cc1OC. The third-order valence-corrected chi connectivity index (χ3v) is 2.76. The summed E-state index contributed by atoms with van der Waals surface area (Å²) in [5.74, 6) is 1.59. The predicted molar refractivity (Wildman–Crippen MR) is 72.4 cm³/mol. The molecular formula is C14H23NO3. The molecule has 0 radical (unpaired) electrons. The summed E-state index contributed by atoms with van der Waals surface area (Å²) >= 11 is 0. The third-order valence-electron chi connectivity index (χ3n) is 2.76. The van der Waals surface area contributed by atoms with Crippen molar-refractivity contribution in [3.05, 3.63) is 23.8 Å². The molecule has 0 aliphatic rings. The average molecular weight is 253 g/mol. The van der Waals surface area contributed by atoms with Crippen LogP contribution >= 0.6 is 0 Å². The van der Waals surface area contributed by atoms with Crippen LogP contribution in [0.5, 0.6) is 11.5 Å². The van der Waals surface area contributed by atoms with Gasteiger partial charge in [0.25, 0.3) is 0 Å². The Labute approximate surface area is 109 Å². The normalized spacial score (nSPS) is 12.6. The van der Waals surface area contributed by atoms with Crippen molar-refractivity contribution in [3.8, 4) is 11.5 Å². The van der Waals surface area contributed by atoms with Gasteiger partial charge >= 0.3 is 0 Å². The Balaban J connectivity index is 2.90. The van der Waals surface area contributed by atoms with E-state index in [1.54, 1.807) is 14.2 Å². The van der Waals surface area contributed by atoms with E-state index < -0.39 is 0 Å². The minimum absolute atomic E-state index is 0.105. The van der Waals surface area contributed by atoms with E-state index in [-0.39, 0.29) is 12.1 Å². The first-order valence-electron chi connectivity index (χ1n) is 6.13. The summed E-state index contributed by atoms with van der Waals surface area (Å²) in [5.41, 5.74) is 1.07. The largest absolute Gasteiger partial charge is 0.497 e. The summed E-state index contributed by atoms with van der Waals surface area (Å²) in [6.07, 6.45) is 0.213. The van der Waals surface area contributed by atoms with Gasteiger partial charge in [-0.25, -0.2) is 0 Å². The van der Waals surface area contributed by atoms with Crippen molar-refractivity contribution in [2.75, 3.05) is 27.9 Å². The molecule has 102 valence electrons. The molecular weight excluding hydrogens is 230 g/mol. The highest BCUT2D eigenvalue weighted by molar-refractivity contribution is 5.42. The summed E-state index contributed by atoms with van der Waals surface area (Å²) < 4.78 is 16.2. The number of likely N-dealkylation sites (N-methyl/N-ethyl adjacent to an activating group) is 1. The summed E-state index contributed by atoms with van der Waals surface area (Å²) in [7, 11) is 5.22. The summed E-state index contributed by atoms with van der Waals surface area (Å²) in [6.45, 7) is 4.66. The van der Waals surface area contributed by atoms with E-state index in [0.717, 1.165) is 17.1 Å². The minimum atomic E-state index is 0.105. The van der Waals surface area contributed by atoms with Crippen LogP contribution in [-0.4, -0.2) is 34.0 Å². The molecule has 0 fully saturated rings. The van der Waals surface area contributed by atoms with Crippen LogP contribution in [0.1, 0.15) is 25.5 Å². The smallest absolute Gasteiger partial charge is 0.127 e. The topological polar surface area (TPSA) is 39.7 Å². The van der Waals surface area contributed by atoms with Crippen molar-refractivity contribution >= 4 is 0 Å².